The van der Waals surface area contributed by atoms with Gasteiger partial charge in [0.15, 0.2) is 11.5 Å². The van der Waals surface area contributed by atoms with Crippen molar-refractivity contribution in [1.82, 2.24) is 15.3 Å². The van der Waals surface area contributed by atoms with Crippen LogP contribution < -0.4 is 15.5 Å². The van der Waals surface area contributed by atoms with Gasteiger partial charge in [0.2, 0.25) is 5.95 Å². The second-order valence-corrected chi connectivity index (χ2v) is 4.99. The first-order valence-electron chi connectivity index (χ1n) is 6.96. The van der Waals surface area contributed by atoms with Gasteiger partial charge in [-0.3, -0.25) is 4.79 Å². The van der Waals surface area contributed by atoms with Gasteiger partial charge >= 0.3 is 6.18 Å². The van der Waals surface area contributed by atoms with Crippen molar-refractivity contribution in [1.29, 1.82) is 0 Å². The van der Waals surface area contributed by atoms with E-state index in [1.165, 1.54) is 17.2 Å². The fourth-order valence-corrected chi connectivity index (χ4v) is 1.73. The predicted molar refractivity (Wildman–Crippen MR) is 80.9 cm³/mol. The van der Waals surface area contributed by atoms with Crippen molar-refractivity contribution >= 4 is 17.7 Å². The lowest BCUT2D eigenvalue weighted by atomic mass is 10.3. The molecule has 1 amide bonds. The number of hydrogen-bond acceptors (Lipinski definition) is 6. The molecule has 0 aromatic carbocycles. The summed E-state index contributed by atoms with van der Waals surface area (Å²) >= 11 is 0. The Balaban J connectivity index is 1.96. The maximum atomic E-state index is 12.9. The molecule has 0 aliphatic heterocycles. The van der Waals surface area contributed by atoms with E-state index in [1.54, 1.807) is 20.2 Å². The van der Waals surface area contributed by atoms with Gasteiger partial charge in [-0.1, -0.05) is 0 Å². The second kappa shape index (κ2) is 7.20. The first-order valence-corrected chi connectivity index (χ1v) is 6.96. The molecule has 0 saturated carbocycles. The van der Waals surface area contributed by atoms with Crippen LogP contribution in [0.1, 0.15) is 16.2 Å². The molecular formula is C14H16F3N5O2. The SMILES string of the molecule is CN(C)c1cc(C(F)(F)F)nc(NCCNC(=O)c2ccco2)n1. The fourth-order valence-electron chi connectivity index (χ4n) is 1.73. The van der Waals surface area contributed by atoms with Crippen molar-refractivity contribution in [2.75, 3.05) is 37.4 Å². The van der Waals surface area contributed by atoms with Crippen LogP contribution >= 0.6 is 0 Å². The van der Waals surface area contributed by atoms with Crippen LogP contribution in [0.4, 0.5) is 24.9 Å². The lowest BCUT2D eigenvalue weighted by Gasteiger charge is -2.16. The number of aromatic nitrogens is 2. The number of halogens is 3. The Kier molecular flexibility index (Phi) is 5.27. The zero-order chi connectivity index (χ0) is 17.7. The highest BCUT2D eigenvalue weighted by atomic mass is 19.4. The molecule has 0 fully saturated rings. The predicted octanol–water partition coefficient (Wildman–Crippen LogP) is 2.00. The van der Waals surface area contributed by atoms with E-state index in [4.69, 9.17) is 4.42 Å². The quantitative estimate of drug-likeness (QED) is 0.781. The second-order valence-electron chi connectivity index (χ2n) is 4.99. The van der Waals surface area contributed by atoms with Gasteiger partial charge in [-0.25, -0.2) is 4.98 Å². The summed E-state index contributed by atoms with van der Waals surface area (Å²) in [6.45, 7) is 0.317. The number of alkyl halides is 3. The summed E-state index contributed by atoms with van der Waals surface area (Å²) < 4.78 is 43.5. The normalized spacial score (nSPS) is 11.2. The third kappa shape index (κ3) is 4.61. The highest BCUT2D eigenvalue weighted by Crippen LogP contribution is 2.30. The molecule has 130 valence electrons. The minimum absolute atomic E-state index is 0.124. The van der Waals surface area contributed by atoms with Gasteiger partial charge in [0, 0.05) is 33.3 Å². The van der Waals surface area contributed by atoms with Crippen LogP contribution in [0, 0.1) is 0 Å². The van der Waals surface area contributed by atoms with Crippen molar-refractivity contribution in [2.45, 2.75) is 6.18 Å². The Hall–Kier alpha value is -2.78. The molecule has 0 aliphatic rings. The Morgan fingerprint density at radius 3 is 2.62 bits per heavy atom. The summed E-state index contributed by atoms with van der Waals surface area (Å²) in [5.74, 6) is -0.304. The zero-order valence-electron chi connectivity index (χ0n) is 13.0. The molecule has 0 atom stereocenters. The highest BCUT2D eigenvalue weighted by molar-refractivity contribution is 5.91. The molecule has 2 N–H and O–H groups in total. The summed E-state index contributed by atoms with van der Waals surface area (Å²) in [7, 11) is 3.16. The molecule has 2 rings (SSSR count). The van der Waals surface area contributed by atoms with Crippen molar-refractivity contribution in [3.8, 4) is 0 Å². The smallest absolute Gasteiger partial charge is 0.433 e. The van der Waals surface area contributed by atoms with Crippen LogP contribution in [0.25, 0.3) is 0 Å². The standard InChI is InChI=1S/C14H16F3N5O2/c1-22(2)11-8-10(14(15,16)17)20-13(21-11)19-6-5-18-12(23)9-4-3-7-24-9/h3-4,7-8H,5-6H2,1-2H3,(H,18,23)(H,19,20,21). The Labute approximate surface area is 135 Å². The summed E-state index contributed by atoms with van der Waals surface area (Å²) in [6.07, 6.45) is -3.20. The third-order valence-corrected chi connectivity index (χ3v) is 2.90. The van der Waals surface area contributed by atoms with Crippen molar-refractivity contribution < 1.29 is 22.4 Å². The Morgan fingerprint density at radius 1 is 1.29 bits per heavy atom. The number of furan rings is 1. The number of anilines is 2. The fraction of sp³-hybridized carbons (Fsp3) is 0.357. The first-order chi connectivity index (χ1) is 11.3. The highest BCUT2D eigenvalue weighted by Gasteiger charge is 2.33. The van der Waals surface area contributed by atoms with E-state index in [1.807, 2.05) is 0 Å². The van der Waals surface area contributed by atoms with Gasteiger partial charge in [-0.2, -0.15) is 18.2 Å². The maximum Gasteiger partial charge on any atom is 0.433 e. The zero-order valence-corrected chi connectivity index (χ0v) is 13.0. The number of rotatable bonds is 6. The lowest BCUT2D eigenvalue weighted by molar-refractivity contribution is -0.141. The van der Waals surface area contributed by atoms with E-state index in [0.29, 0.717) is 0 Å². The largest absolute Gasteiger partial charge is 0.459 e. The Morgan fingerprint density at radius 2 is 2.04 bits per heavy atom. The van der Waals surface area contributed by atoms with Crippen molar-refractivity contribution in [3.63, 3.8) is 0 Å². The first kappa shape index (κ1) is 17.6. The van der Waals surface area contributed by atoms with E-state index in [2.05, 4.69) is 20.6 Å². The minimum Gasteiger partial charge on any atom is -0.459 e. The number of carbonyl (C=O) groups is 1. The molecule has 0 bridgehead atoms. The maximum absolute atomic E-state index is 12.9. The van der Waals surface area contributed by atoms with E-state index >= 15 is 0 Å². The molecule has 2 aromatic heterocycles. The molecule has 0 unspecified atom stereocenters. The summed E-state index contributed by atoms with van der Waals surface area (Å²) in [5.41, 5.74) is -1.04. The minimum atomic E-state index is -4.57. The van der Waals surface area contributed by atoms with Crippen LogP contribution in [0.15, 0.2) is 28.9 Å². The molecule has 7 nitrogen and oxygen atoms in total. The Bertz CT molecular complexity index is 686. The summed E-state index contributed by atoms with van der Waals surface area (Å²) in [4.78, 5) is 20.5. The van der Waals surface area contributed by atoms with E-state index in [0.717, 1.165) is 6.07 Å². The molecule has 0 saturated heterocycles. The van der Waals surface area contributed by atoms with Crippen molar-refractivity contribution in [3.05, 3.63) is 35.9 Å². The average molecular weight is 343 g/mol. The molecule has 24 heavy (non-hydrogen) atoms. The molecule has 2 heterocycles. The van der Waals surface area contributed by atoms with E-state index < -0.39 is 17.8 Å². The lowest BCUT2D eigenvalue weighted by Crippen LogP contribution is -2.29. The van der Waals surface area contributed by atoms with Gasteiger partial charge in [0.05, 0.1) is 6.26 Å². The van der Waals surface area contributed by atoms with Crippen LogP contribution in [0.5, 0.6) is 0 Å². The molecule has 2 aromatic rings. The number of nitrogens with one attached hydrogen (secondary N) is 2. The van der Waals surface area contributed by atoms with Crippen LogP contribution in [0.2, 0.25) is 0 Å². The van der Waals surface area contributed by atoms with E-state index in [9.17, 15) is 18.0 Å². The number of nitrogens with zero attached hydrogens (tertiary/aromatic N) is 3. The third-order valence-electron chi connectivity index (χ3n) is 2.90. The van der Waals surface area contributed by atoms with Crippen LogP contribution in [0.3, 0.4) is 0 Å². The molecule has 0 spiro atoms. The molecule has 0 radical (unpaired) electrons. The van der Waals surface area contributed by atoms with Gasteiger partial charge in [-0.05, 0) is 12.1 Å². The van der Waals surface area contributed by atoms with Gasteiger partial charge < -0.3 is 20.0 Å². The van der Waals surface area contributed by atoms with Gasteiger partial charge in [-0.15, -0.1) is 0 Å². The summed E-state index contributed by atoms with van der Waals surface area (Å²) in [6, 6.07) is 3.94. The number of carbonyl (C=O) groups excluding carboxylic acids is 1. The molecule has 10 heteroatoms. The molecular weight excluding hydrogens is 327 g/mol. The van der Waals surface area contributed by atoms with Crippen LogP contribution in [-0.4, -0.2) is 43.1 Å². The summed E-state index contributed by atoms with van der Waals surface area (Å²) in [5, 5.41) is 5.21. The number of hydrogen-bond donors (Lipinski definition) is 2. The number of amides is 1. The molecule has 0 aliphatic carbocycles. The van der Waals surface area contributed by atoms with Gasteiger partial charge in [0.25, 0.3) is 5.91 Å². The monoisotopic (exact) mass is 343 g/mol. The van der Waals surface area contributed by atoms with Gasteiger partial charge in [0.1, 0.15) is 5.82 Å². The van der Waals surface area contributed by atoms with Crippen LogP contribution in [-0.2, 0) is 6.18 Å². The topological polar surface area (TPSA) is 83.3 Å². The average Bonchev–Trinajstić information content (AvgIpc) is 3.04. The van der Waals surface area contributed by atoms with E-state index in [-0.39, 0.29) is 30.6 Å². The van der Waals surface area contributed by atoms with Crippen molar-refractivity contribution in [2.24, 2.45) is 0 Å².